The van der Waals surface area contributed by atoms with Gasteiger partial charge >= 0.3 is 0 Å². The monoisotopic (exact) mass is 304 g/mol. The number of carbonyl (C=O) groups excluding carboxylic acids is 1. The van der Waals surface area contributed by atoms with E-state index in [0.717, 1.165) is 26.1 Å². The smallest absolute Gasteiger partial charge is 0.222 e. The van der Waals surface area contributed by atoms with E-state index in [9.17, 15) is 4.79 Å². The second-order valence-electron chi connectivity index (χ2n) is 6.20. The van der Waals surface area contributed by atoms with E-state index < -0.39 is 0 Å². The molecule has 1 aromatic carbocycles. The molecular weight excluding hydrogens is 276 g/mol. The third kappa shape index (κ3) is 4.55. The molecule has 4 heteroatoms. The number of amides is 1. The van der Waals surface area contributed by atoms with Crippen molar-refractivity contribution in [1.29, 1.82) is 0 Å². The molecule has 0 unspecified atom stereocenters. The summed E-state index contributed by atoms with van der Waals surface area (Å²) in [5, 5.41) is 3.65. The third-order valence-electron chi connectivity index (χ3n) is 4.46. The molecule has 1 aliphatic heterocycles. The molecule has 1 aromatic rings. The van der Waals surface area contributed by atoms with Crippen LogP contribution < -0.4 is 5.32 Å². The molecular formula is C18H28N2O2. The number of benzene rings is 1. The first kappa shape index (κ1) is 17.0. The van der Waals surface area contributed by atoms with Gasteiger partial charge in [-0.2, -0.15) is 0 Å². The quantitative estimate of drug-likeness (QED) is 0.878. The number of ether oxygens (including phenoxy) is 1. The average molecular weight is 304 g/mol. The molecule has 0 aromatic heterocycles. The van der Waals surface area contributed by atoms with Crippen molar-refractivity contribution in [3.05, 3.63) is 35.4 Å². The Morgan fingerprint density at radius 2 is 2.00 bits per heavy atom. The molecule has 0 radical (unpaired) electrons. The van der Waals surface area contributed by atoms with E-state index >= 15 is 0 Å². The Labute approximate surface area is 133 Å². The minimum atomic E-state index is 0.277. The van der Waals surface area contributed by atoms with Gasteiger partial charge in [-0.15, -0.1) is 0 Å². The highest BCUT2D eigenvalue weighted by Gasteiger charge is 2.27. The minimum absolute atomic E-state index is 0.277. The van der Waals surface area contributed by atoms with Gasteiger partial charge in [0.1, 0.15) is 0 Å². The van der Waals surface area contributed by atoms with Crippen LogP contribution in [-0.4, -0.2) is 37.0 Å². The zero-order chi connectivity index (χ0) is 15.9. The third-order valence-corrected chi connectivity index (χ3v) is 4.46. The normalized spacial score (nSPS) is 21.9. The largest absolute Gasteiger partial charge is 0.380 e. The lowest BCUT2D eigenvalue weighted by atomic mass is 9.93. The molecule has 1 N–H and O–H groups in total. The average Bonchev–Trinajstić information content (AvgIpc) is 2.54. The van der Waals surface area contributed by atoms with E-state index in [0.29, 0.717) is 25.0 Å². The molecule has 1 heterocycles. The Kier molecular flexibility index (Phi) is 6.40. The van der Waals surface area contributed by atoms with Crippen LogP contribution in [-0.2, 0) is 22.7 Å². The van der Waals surface area contributed by atoms with Crippen LogP contribution in [0.5, 0.6) is 0 Å². The van der Waals surface area contributed by atoms with Gasteiger partial charge in [0.15, 0.2) is 0 Å². The highest BCUT2D eigenvalue weighted by atomic mass is 16.5. The van der Waals surface area contributed by atoms with Crippen LogP contribution in [0.25, 0.3) is 0 Å². The fourth-order valence-electron chi connectivity index (χ4n) is 3.07. The number of carbonyl (C=O) groups is 1. The molecule has 0 spiro atoms. The lowest BCUT2D eigenvalue weighted by molar-refractivity contribution is -0.132. The SMILES string of the molecule is CCC(=O)N1CC[C@H](NCc2ccc(COC)cc2)[C@H](C)C1. The summed E-state index contributed by atoms with van der Waals surface area (Å²) < 4.78 is 5.13. The predicted octanol–water partition coefficient (Wildman–Crippen LogP) is 2.57. The number of hydrogen-bond acceptors (Lipinski definition) is 3. The van der Waals surface area contributed by atoms with Gasteiger partial charge in [0.05, 0.1) is 6.61 Å². The van der Waals surface area contributed by atoms with Crippen molar-refractivity contribution in [2.45, 2.75) is 45.9 Å². The first-order valence-corrected chi connectivity index (χ1v) is 8.22. The van der Waals surface area contributed by atoms with Crippen LogP contribution in [0.15, 0.2) is 24.3 Å². The fraction of sp³-hybridized carbons (Fsp3) is 0.611. The summed E-state index contributed by atoms with van der Waals surface area (Å²) in [5.41, 5.74) is 2.49. The second-order valence-corrected chi connectivity index (χ2v) is 6.20. The van der Waals surface area contributed by atoms with Gasteiger partial charge in [-0.1, -0.05) is 38.1 Å². The Bertz CT molecular complexity index is 472. The maximum absolute atomic E-state index is 11.8. The van der Waals surface area contributed by atoms with Gasteiger partial charge in [-0.05, 0) is 23.5 Å². The van der Waals surface area contributed by atoms with E-state index in [4.69, 9.17) is 4.74 Å². The Morgan fingerprint density at radius 3 is 2.59 bits per heavy atom. The molecule has 122 valence electrons. The summed E-state index contributed by atoms with van der Waals surface area (Å²) in [6, 6.07) is 9.03. The van der Waals surface area contributed by atoms with Crippen molar-refractivity contribution in [1.82, 2.24) is 10.2 Å². The standard InChI is InChI=1S/C18H28N2O2/c1-4-18(21)20-10-9-17(14(2)12-20)19-11-15-5-7-16(8-6-15)13-22-3/h5-8,14,17,19H,4,9-13H2,1-3H3/t14-,17+/m1/s1. The van der Waals surface area contributed by atoms with Gasteiger partial charge in [0.25, 0.3) is 0 Å². The van der Waals surface area contributed by atoms with E-state index in [1.54, 1.807) is 7.11 Å². The van der Waals surface area contributed by atoms with Crippen LogP contribution in [0.3, 0.4) is 0 Å². The summed E-state index contributed by atoms with van der Waals surface area (Å²) in [4.78, 5) is 13.8. The van der Waals surface area contributed by atoms with Gasteiger partial charge in [-0.3, -0.25) is 4.79 Å². The summed E-state index contributed by atoms with van der Waals surface area (Å²) in [6.45, 7) is 7.45. The molecule has 0 bridgehead atoms. The minimum Gasteiger partial charge on any atom is -0.380 e. The molecule has 0 saturated carbocycles. The maximum Gasteiger partial charge on any atom is 0.222 e. The Balaban J connectivity index is 1.81. The highest BCUT2D eigenvalue weighted by Crippen LogP contribution is 2.18. The van der Waals surface area contributed by atoms with E-state index in [2.05, 4.69) is 36.5 Å². The second kappa shape index (κ2) is 8.30. The summed E-state index contributed by atoms with van der Waals surface area (Å²) in [7, 11) is 1.71. The maximum atomic E-state index is 11.8. The van der Waals surface area contributed by atoms with Crippen molar-refractivity contribution < 1.29 is 9.53 Å². The summed E-state index contributed by atoms with van der Waals surface area (Å²) in [5.74, 6) is 0.774. The zero-order valence-electron chi connectivity index (χ0n) is 14.0. The number of nitrogens with one attached hydrogen (secondary N) is 1. The van der Waals surface area contributed by atoms with Gasteiger partial charge < -0.3 is 15.0 Å². The van der Waals surface area contributed by atoms with Gasteiger partial charge in [0, 0.05) is 39.2 Å². The number of hydrogen-bond donors (Lipinski definition) is 1. The van der Waals surface area contributed by atoms with Crippen molar-refractivity contribution >= 4 is 5.91 Å². The lowest BCUT2D eigenvalue weighted by Crippen LogP contribution is -2.49. The number of rotatable bonds is 6. The first-order valence-electron chi connectivity index (χ1n) is 8.22. The van der Waals surface area contributed by atoms with Gasteiger partial charge in [0.2, 0.25) is 5.91 Å². The number of nitrogens with zero attached hydrogens (tertiary/aromatic N) is 1. The van der Waals surface area contributed by atoms with E-state index in [1.807, 2.05) is 11.8 Å². The van der Waals surface area contributed by atoms with Crippen molar-refractivity contribution in [3.63, 3.8) is 0 Å². The molecule has 1 amide bonds. The van der Waals surface area contributed by atoms with Crippen LogP contribution in [0.1, 0.15) is 37.8 Å². The van der Waals surface area contributed by atoms with E-state index in [1.165, 1.54) is 11.1 Å². The van der Waals surface area contributed by atoms with Crippen molar-refractivity contribution in [2.24, 2.45) is 5.92 Å². The van der Waals surface area contributed by atoms with Crippen LogP contribution >= 0.6 is 0 Å². The molecule has 1 fully saturated rings. The molecule has 1 aliphatic rings. The topological polar surface area (TPSA) is 41.6 Å². The fourth-order valence-corrected chi connectivity index (χ4v) is 3.07. The van der Waals surface area contributed by atoms with Crippen LogP contribution in [0.4, 0.5) is 0 Å². The molecule has 2 atom stereocenters. The number of likely N-dealkylation sites (tertiary alicyclic amines) is 1. The molecule has 22 heavy (non-hydrogen) atoms. The molecule has 0 aliphatic carbocycles. The lowest BCUT2D eigenvalue weighted by Gasteiger charge is -2.37. The number of methoxy groups -OCH3 is 1. The van der Waals surface area contributed by atoms with E-state index in [-0.39, 0.29) is 5.91 Å². The Hall–Kier alpha value is -1.39. The van der Waals surface area contributed by atoms with Crippen LogP contribution in [0, 0.1) is 5.92 Å². The first-order chi connectivity index (χ1) is 10.6. The number of piperidine rings is 1. The Morgan fingerprint density at radius 1 is 1.32 bits per heavy atom. The van der Waals surface area contributed by atoms with Crippen molar-refractivity contribution in [3.8, 4) is 0 Å². The highest BCUT2D eigenvalue weighted by molar-refractivity contribution is 5.75. The van der Waals surface area contributed by atoms with Crippen LogP contribution in [0.2, 0.25) is 0 Å². The summed E-state index contributed by atoms with van der Waals surface area (Å²) in [6.07, 6.45) is 1.65. The zero-order valence-corrected chi connectivity index (χ0v) is 14.0. The van der Waals surface area contributed by atoms with Gasteiger partial charge in [-0.25, -0.2) is 0 Å². The molecule has 1 saturated heterocycles. The molecule has 4 nitrogen and oxygen atoms in total. The molecule has 2 rings (SSSR count). The predicted molar refractivity (Wildman–Crippen MR) is 88.4 cm³/mol. The summed E-state index contributed by atoms with van der Waals surface area (Å²) >= 11 is 0. The van der Waals surface area contributed by atoms with Crippen molar-refractivity contribution in [2.75, 3.05) is 20.2 Å².